The largest absolute Gasteiger partial charge is 0.465 e. The summed E-state index contributed by atoms with van der Waals surface area (Å²) in [5.74, 6) is -1.71. The molecule has 12 heteroatoms. The van der Waals surface area contributed by atoms with Crippen LogP contribution in [0, 0.1) is 0 Å². The third-order valence-electron chi connectivity index (χ3n) is 3.78. The quantitative estimate of drug-likeness (QED) is 0.604. The van der Waals surface area contributed by atoms with E-state index in [-0.39, 0.29) is 21.7 Å². The summed E-state index contributed by atoms with van der Waals surface area (Å²) in [6.45, 7) is 0. The van der Waals surface area contributed by atoms with Gasteiger partial charge < -0.3 is 9.47 Å². The van der Waals surface area contributed by atoms with Crippen LogP contribution in [0.25, 0.3) is 0 Å². The van der Waals surface area contributed by atoms with Gasteiger partial charge in [0.1, 0.15) is 4.90 Å². The summed E-state index contributed by atoms with van der Waals surface area (Å²) in [6.07, 6.45) is 0. The van der Waals surface area contributed by atoms with Crippen LogP contribution in [0.15, 0.2) is 52.3 Å². The molecule has 0 fully saturated rings. The molecule has 0 saturated heterocycles. The van der Waals surface area contributed by atoms with Gasteiger partial charge >= 0.3 is 11.9 Å². The number of benzene rings is 2. The minimum atomic E-state index is -4.34. The molecule has 0 aromatic heterocycles. The SMILES string of the molecule is CNS(=O)(=O)c1ccc(NS(=O)(=O)c2cc(C(=O)OC)ccc2C(=O)OC)cc1. The lowest BCUT2D eigenvalue weighted by Gasteiger charge is -2.13. The summed E-state index contributed by atoms with van der Waals surface area (Å²) in [7, 11) is -4.57. The molecule has 0 aliphatic rings. The van der Waals surface area contributed by atoms with E-state index in [4.69, 9.17) is 0 Å². The number of hydrogen-bond donors (Lipinski definition) is 2. The number of carbonyl (C=O) groups is 2. The molecular formula is C17H18N2O8S2. The van der Waals surface area contributed by atoms with Crippen molar-refractivity contribution in [2.75, 3.05) is 26.0 Å². The fourth-order valence-corrected chi connectivity index (χ4v) is 4.31. The molecule has 2 aromatic rings. The lowest BCUT2D eigenvalue weighted by atomic mass is 10.1. The lowest BCUT2D eigenvalue weighted by molar-refractivity contribution is 0.0583. The van der Waals surface area contributed by atoms with Crippen molar-refractivity contribution >= 4 is 37.7 Å². The highest BCUT2D eigenvalue weighted by Crippen LogP contribution is 2.23. The number of hydrogen-bond acceptors (Lipinski definition) is 8. The van der Waals surface area contributed by atoms with Crippen molar-refractivity contribution in [2.45, 2.75) is 9.79 Å². The summed E-state index contributed by atoms with van der Waals surface area (Å²) >= 11 is 0. The molecule has 0 aliphatic carbocycles. The van der Waals surface area contributed by atoms with Crippen LogP contribution in [0.4, 0.5) is 5.69 Å². The molecule has 10 nitrogen and oxygen atoms in total. The van der Waals surface area contributed by atoms with Gasteiger partial charge in [0.05, 0.1) is 30.2 Å². The van der Waals surface area contributed by atoms with Gasteiger partial charge in [0.15, 0.2) is 0 Å². The van der Waals surface area contributed by atoms with Crippen molar-refractivity contribution in [3.05, 3.63) is 53.6 Å². The smallest absolute Gasteiger partial charge is 0.339 e. The Kier molecular flexibility index (Phi) is 6.62. The molecule has 0 amide bonds. The number of carbonyl (C=O) groups excluding carboxylic acids is 2. The Morgan fingerprint density at radius 3 is 1.93 bits per heavy atom. The van der Waals surface area contributed by atoms with Gasteiger partial charge in [-0.2, -0.15) is 0 Å². The van der Waals surface area contributed by atoms with Crippen LogP contribution in [0.3, 0.4) is 0 Å². The molecule has 2 aromatic carbocycles. The van der Waals surface area contributed by atoms with Crippen LogP contribution < -0.4 is 9.44 Å². The topological polar surface area (TPSA) is 145 Å². The molecular weight excluding hydrogens is 424 g/mol. The predicted molar refractivity (Wildman–Crippen MR) is 103 cm³/mol. The van der Waals surface area contributed by atoms with E-state index in [9.17, 15) is 26.4 Å². The monoisotopic (exact) mass is 442 g/mol. The molecule has 0 aliphatic heterocycles. The third-order valence-corrected chi connectivity index (χ3v) is 6.63. The van der Waals surface area contributed by atoms with Gasteiger partial charge in [0, 0.05) is 5.69 Å². The average Bonchev–Trinajstić information content (AvgIpc) is 2.72. The Balaban J connectivity index is 2.49. The number of methoxy groups -OCH3 is 2. The van der Waals surface area contributed by atoms with Crippen molar-refractivity contribution in [1.82, 2.24) is 4.72 Å². The van der Waals surface area contributed by atoms with Gasteiger partial charge in [0.2, 0.25) is 10.0 Å². The predicted octanol–water partition coefficient (Wildman–Crippen LogP) is 0.969. The highest BCUT2D eigenvalue weighted by atomic mass is 32.2. The number of anilines is 1. The normalized spacial score (nSPS) is 11.6. The van der Waals surface area contributed by atoms with E-state index in [1.165, 1.54) is 37.4 Å². The molecule has 29 heavy (non-hydrogen) atoms. The molecule has 0 bridgehead atoms. The first kappa shape index (κ1) is 22.3. The van der Waals surface area contributed by atoms with Crippen molar-refractivity contribution in [1.29, 1.82) is 0 Å². The van der Waals surface area contributed by atoms with E-state index >= 15 is 0 Å². The molecule has 0 spiro atoms. The van der Waals surface area contributed by atoms with Gasteiger partial charge in [-0.25, -0.2) is 31.1 Å². The van der Waals surface area contributed by atoms with E-state index in [0.29, 0.717) is 0 Å². The minimum Gasteiger partial charge on any atom is -0.465 e. The molecule has 2 rings (SSSR count). The molecule has 2 N–H and O–H groups in total. The Morgan fingerprint density at radius 2 is 1.41 bits per heavy atom. The zero-order chi connectivity index (χ0) is 21.8. The summed E-state index contributed by atoms with van der Waals surface area (Å²) in [5.41, 5.74) is -0.336. The lowest BCUT2D eigenvalue weighted by Crippen LogP contribution is -2.20. The molecule has 0 atom stereocenters. The second-order valence-corrected chi connectivity index (χ2v) is 9.07. The maximum Gasteiger partial charge on any atom is 0.339 e. The average molecular weight is 442 g/mol. The van der Waals surface area contributed by atoms with E-state index < -0.39 is 36.9 Å². The molecule has 156 valence electrons. The van der Waals surface area contributed by atoms with E-state index in [2.05, 4.69) is 18.9 Å². The number of esters is 2. The van der Waals surface area contributed by atoms with Crippen LogP contribution in [-0.2, 0) is 29.5 Å². The van der Waals surface area contributed by atoms with Crippen molar-refractivity contribution in [2.24, 2.45) is 0 Å². The fraction of sp³-hybridized carbons (Fsp3) is 0.176. The van der Waals surface area contributed by atoms with E-state index in [1.54, 1.807) is 0 Å². The summed E-state index contributed by atoms with van der Waals surface area (Å²) in [4.78, 5) is 23.1. The zero-order valence-electron chi connectivity index (χ0n) is 15.6. The Morgan fingerprint density at radius 1 is 0.828 bits per heavy atom. The fourth-order valence-electron chi connectivity index (χ4n) is 2.30. The van der Waals surface area contributed by atoms with Gasteiger partial charge in [-0.1, -0.05) is 0 Å². The number of sulfonamides is 2. The number of nitrogens with one attached hydrogen (secondary N) is 2. The van der Waals surface area contributed by atoms with Gasteiger partial charge in [0.25, 0.3) is 10.0 Å². The Hall–Kier alpha value is -2.96. The second-order valence-electron chi connectivity index (χ2n) is 5.53. The highest BCUT2D eigenvalue weighted by molar-refractivity contribution is 7.92. The maximum atomic E-state index is 12.8. The highest BCUT2D eigenvalue weighted by Gasteiger charge is 2.25. The van der Waals surface area contributed by atoms with Gasteiger partial charge in [-0.3, -0.25) is 4.72 Å². The molecule has 0 unspecified atom stereocenters. The summed E-state index contributed by atoms with van der Waals surface area (Å²) in [5, 5.41) is 0. The Bertz CT molecular complexity index is 1140. The first-order valence-electron chi connectivity index (χ1n) is 7.93. The van der Waals surface area contributed by atoms with Crippen LogP contribution in [0.2, 0.25) is 0 Å². The van der Waals surface area contributed by atoms with Crippen LogP contribution >= 0.6 is 0 Å². The third kappa shape index (κ3) is 4.91. The molecule has 0 radical (unpaired) electrons. The van der Waals surface area contributed by atoms with Crippen LogP contribution in [-0.4, -0.2) is 50.0 Å². The van der Waals surface area contributed by atoms with Gasteiger partial charge in [-0.15, -0.1) is 0 Å². The standard InChI is InChI=1S/C17H18N2O8S2/c1-18-28(22,23)13-7-5-12(6-8-13)19-29(24,25)15-10-11(16(20)26-2)4-9-14(15)17(21)27-3/h4-10,18-19H,1-3H3. The molecule has 0 saturated carbocycles. The first-order valence-corrected chi connectivity index (χ1v) is 10.9. The summed E-state index contributed by atoms with van der Waals surface area (Å²) in [6, 6.07) is 8.24. The zero-order valence-corrected chi connectivity index (χ0v) is 17.3. The summed E-state index contributed by atoms with van der Waals surface area (Å²) < 4.78 is 62.7. The second kappa shape index (κ2) is 8.59. The van der Waals surface area contributed by atoms with E-state index in [1.807, 2.05) is 0 Å². The first-order chi connectivity index (χ1) is 13.6. The number of rotatable bonds is 7. The van der Waals surface area contributed by atoms with Crippen LogP contribution in [0.1, 0.15) is 20.7 Å². The molecule has 0 heterocycles. The maximum absolute atomic E-state index is 12.8. The van der Waals surface area contributed by atoms with Crippen molar-refractivity contribution in [3.63, 3.8) is 0 Å². The van der Waals surface area contributed by atoms with Crippen molar-refractivity contribution in [3.8, 4) is 0 Å². The number of ether oxygens (including phenoxy) is 2. The van der Waals surface area contributed by atoms with Crippen LogP contribution in [0.5, 0.6) is 0 Å². The minimum absolute atomic E-state index is 0.0411. The Labute approximate surface area is 167 Å². The van der Waals surface area contributed by atoms with E-state index in [0.717, 1.165) is 26.4 Å². The van der Waals surface area contributed by atoms with Crippen molar-refractivity contribution < 1.29 is 35.9 Å². The van der Waals surface area contributed by atoms with Gasteiger partial charge in [-0.05, 0) is 49.5 Å².